The molecule has 1 heterocycles. The smallest absolute Gasteiger partial charge is 0.315 e. The van der Waals surface area contributed by atoms with Gasteiger partial charge in [0.1, 0.15) is 5.75 Å². The van der Waals surface area contributed by atoms with Crippen molar-refractivity contribution >= 4 is 17.4 Å². The highest BCUT2D eigenvalue weighted by atomic mass is 32.1. The maximum absolute atomic E-state index is 11.9. The second kappa shape index (κ2) is 9.30. The van der Waals surface area contributed by atoms with Gasteiger partial charge in [-0.25, -0.2) is 4.79 Å². The molecule has 6 heteroatoms. The van der Waals surface area contributed by atoms with Gasteiger partial charge in [-0.2, -0.15) is 11.3 Å². The highest BCUT2D eigenvalue weighted by Crippen LogP contribution is 2.15. The molecule has 0 aliphatic heterocycles. The number of aliphatic hydroxyl groups excluding tert-OH is 1. The predicted molar refractivity (Wildman–Crippen MR) is 96.6 cm³/mol. The van der Waals surface area contributed by atoms with Crippen LogP contribution in [-0.4, -0.2) is 30.8 Å². The number of nitrogens with one attached hydrogen (secondary N) is 2. The number of carbonyl (C=O) groups is 1. The number of amides is 2. The molecule has 0 saturated carbocycles. The van der Waals surface area contributed by atoms with E-state index < -0.39 is 6.10 Å². The molecule has 0 fully saturated rings. The number of aliphatic hydroxyl groups is 1. The summed E-state index contributed by atoms with van der Waals surface area (Å²) in [5, 5.41) is 19.3. The van der Waals surface area contributed by atoms with Gasteiger partial charge < -0.3 is 20.5 Å². The molecule has 0 bridgehead atoms. The van der Waals surface area contributed by atoms with Crippen LogP contribution < -0.4 is 15.4 Å². The van der Waals surface area contributed by atoms with Crippen LogP contribution in [-0.2, 0) is 6.42 Å². The average molecular weight is 348 g/mol. The number of aryl methyl sites for hydroxylation is 1. The fourth-order valence-electron chi connectivity index (χ4n) is 2.29. The van der Waals surface area contributed by atoms with Crippen LogP contribution in [0.4, 0.5) is 4.79 Å². The van der Waals surface area contributed by atoms with Gasteiger partial charge in [0.15, 0.2) is 0 Å². The van der Waals surface area contributed by atoms with E-state index in [0.29, 0.717) is 0 Å². The number of benzene rings is 1. The van der Waals surface area contributed by atoms with E-state index in [9.17, 15) is 9.90 Å². The van der Waals surface area contributed by atoms with Crippen molar-refractivity contribution in [1.29, 1.82) is 0 Å². The van der Waals surface area contributed by atoms with Gasteiger partial charge in [0.05, 0.1) is 13.2 Å². The summed E-state index contributed by atoms with van der Waals surface area (Å²) >= 11 is 1.52. The number of urea groups is 1. The van der Waals surface area contributed by atoms with Crippen molar-refractivity contribution in [2.45, 2.75) is 31.9 Å². The van der Waals surface area contributed by atoms with Crippen LogP contribution in [0.2, 0.25) is 0 Å². The third-order valence-corrected chi connectivity index (χ3v) is 4.49. The van der Waals surface area contributed by atoms with E-state index in [1.165, 1.54) is 16.9 Å². The molecule has 2 aromatic rings. The summed E-state index contributed by atoms with van der Waals surface area (Å²) in [7, 11) is 1.65. The van der Waals surface area contributed by atoms with Gasteiger partial charge in [-0.1, -0.05) is 12.1 Å². The van der Waals surface area contributed by atoms with Crippen molar-refractivity contribution in [3.8, 4) is 5.75 Å². The first-order valence-corrected chi connectivity index (χ1v) is 8.90. The van der Waals surface area contributed by atoms with Crippen LogP contribution in [0.25, 0.3) is 0 Å². The van der Waals surface area contributed by atoms with Gasteiger partial charge in [0.25, 0.3) is 0 Å². The minimum absolute atomic E-state index is 0.0467. The molecule has 1 aromatic heterocycles. The summed E-state index contributed by atoms with van der Waals surface area (Å²) in [6.45, 7) is 2.17. The zero-order chi connectivity index (χ0) is 17.4. The molecule has 0 aliphatic carbocycles. The molecule has 0 spiro atoms. The molecule has 2 atom stereocenters. The fourth-order valence-corrected chi connectivity index (χ4v) is 3.00. The number of rotatable bonds is 8. The molecule has 0 aliphatic rings. The Kier molecular flexibility index (Phi) is 7.08. The standard InChI is InChI=1S/C18H24N2O3S/c1-13(3-4-14-5-7-16(23-2)8-6-14)20-18(22)19-11-17(21)15-9-10-24-12-15/h5-10,12-13,17,21H,3-4,11H2,1-2H3,(H2,19,20,22)/t13-,17-/m1/s1. The molecule has 1 aromatic carbocycles. The van der Waals surface area contributed by atoms with Gasteiger partial charge in [0.2, 0.25) is 0 Å². The normalized spacial score (nSPS) is 13.1. The van der Waals surface area contributed by atoms with Crippen LogP contribution in [0.15, 0.2) is 41.1 Å². The van der Waals surface area contributed by atoms with Crippen LogP contribution in [0.1, 0.15) is 30.6 Å². The van der Waals surface area contributed by atoms with Crippen LogP contribution in [0.3, 0.4) is 0 Å². The van der Waals surface area contributed by atoms with Crippen LogP contribution >= 0.6 is 11.3 Å². The number of methoxy groups -OCH3 is 1. The van der Waals surface area contributed by atoms with Gasteiger partial charge in [0, 0.05) is 12.6 Å². The molecule has 2 rings (SSSR count). The monoisotopic (exact) mass is 348 g/mol. The SMILES string of the molecule is COc1ccc(CC[C@@H](C)NC(=O)NC[C@@H](O)c2ccsc2)cc1. The van der Waals surface area contributed by atoms with Crippen molar-refractivity contribution in [2.75, 3.05) is 13.7 Å². The summed E-state index contributed by atoms with van der Waals surface area (Å²) in [5.41, 5.74) is 2.03. The van der Waals surface area contributed by atoms with E-state index in [2.05, 4.69) is 10.6 Å². The lowest BCUT2D eigenvalue weighted by Crippen LogP contribution is -2.42. The third kappa shape index (κ3) is 5.86. The molecule has 0 unspecified atom stereocenters. The predicted octanol–water partition coefficient (Wildman–Crippen LogP) is 3.11. The summed E-state index contributed by atoms with van der Waals surface area (Å²) < 4.78 is 5.14. The van der Waals surface area contributed by atoms with Gasteiger partial charge in [-0.05, 0) is 59.9 Å². The Balaban J connectivity index is 1.67. The van der Waals surface area contributed by atoms with E-state index in [4.69, 9.17) is 4.74 Å². The Bertz CT molecular complexity index is 614. The Hall–Kier alpha value is -2.05. The van der Waals surface area contributed by atoms with E-state index in [1.54, 1.807) is 7.11 Å². The average Bonchev–Trinajstić information content (AvgIpc) is 3.13. The number of hydrogen-bond acceptors (Lipinski definition) is 4. The molecule has 5 nitrogen and oxygen atoms in total. The van der Waals surface area contributed by atoms with E-state index in [0.717, 1.165) is 24.2 Å². The fraction of sp³-hybridized carbons (Fsp3) is 0.389. The molecule has 2 amide bonds. The number of hydrogen-bond donors (Lipinski definition) is 3. The number of thiophene rings is 1. The quantitative estimate of drug-likeness (QED) is 0.686. The second-order valence-corrected chi connectivity index (χ2v) is 6.49. The van der Waals surface area contributed by atoms with E-state index in [1.807, 2.05) is 48.0 Å². The summed E-state index contributed by atoms with van der Waals surface area (Å²) in [6.07, 6.45) is 1.05. The molecular formula is C18H24N2O3S. The van der Waals surface area contributed by atoms with Gasteiger partial charge >= 0.3 is 6.03 Å². The summed E-state index contributed by atoms with van der Waals surface area (Å²) in [6, 6.07) is 9.58. The highest BCUT2D eigenvalue weighted by molar-refractivity contribution is 7.07. The number of carbonyl (C=O) groups excluding carboxylic acids is 1. The highest BCUT2D eigenvalue weighted by Gasteiger charge is 2.11. The van der Waals surface area contributed by atoms with Crippen molar-refractivity contribution in [3.63, 3.8) is 0 Å². The molecular weight excluding hydrogens is 324 g/mol. The Morgan fingerprint density at radius 1 is 1.29 bits per heavy atom. The van der Waals surface area contributed by atoms with Crippen molar-refractivity contribution in [2.24, 2.45) is 0 Å². The lowest BCUT2D eigenvalue weighted by Gasteiger charge is -2.16. The van der Waals surface area contributed by atoms with Crippen LogP contribution in [0, 0.1) is 0 Å². The zero-order valence-electron chi connectivity index (χ0n) is 14.0. The molecule has 3 N–H and O–H groups in total. The molecule has 0 radical (unpaired) electrons. The first kappa shape index (κ1) is 18.3. The maximum Gasteiger partial charge on any atom is 0.315 e. The third-order valence-electron chi connectivity index (χ3n) is 3.79. The number of ether oxygens (including phenoxy) is 1. The Morgan fingerprint density at radius 2 is 2.04 bits per heavy atom. The second-order valence-electron chi connectivity index (χ2n) is 5.71. The Labute approximate surface area is 146 Å². The van der Waals surface area contributed by atoms with E-state index >= 15 is 0 Å². The lowest BCUT2D eigenvalue weighted by atomic mass is 10.1. The van der Waals surface area contributed by atoms with Gasteiger partial charge in [-0.3, -0.25) is 0 Å². The lowest BCUT2D eigenvalue weighted by molar-refractivity contribution is 0.173. The minimum Gasteiger partial charge on any atom is -0.497 e. The van der Waals surface area contributed by atoms with Gasteiger partial charge in [-0.15, -0.1) is 0 Å². The van der Waals surface area contributed by atoms with Crippen molar-refractivity contribution in [1.82, 2.24) is 10.6 Å². The Morgan fingerprint density at radius 3 is 2.67 bits per heavy atom. The van der Waals surface area contributed by atoms with Crippen LogP contribution in [0.5, 0.6) is 5.75 Å². The molecule has 130 valence electrons. The zero-order valence-corrected chi connectivity index (χ0v) is 14.8. The first-order chi connectivity index (χ1) is 11.6. The van der Waals surface area contributed by atoms with E-state index in [-0.39, 0.29) is 18.6 Å². The summed E-state index contributed by atoms with van der Waals surface area (Å²) in [5.74, 6) is 0.841. The topological polar surface area (TPSA) is 70.6 Å². The largest absolute Gasteiger partial charge is 0.497 e. The minimum atomic E-state index is -0.670. The first-order valence-electron chi connectivity index (χ1n) is 7.96. The summed E-state index contributed by atoms with van der Waals surface area (Å²) in [4.78, 5) is 11.9. The van der Waals surface area contributed by atoms with Crippen molar-refractivity contribution in [3.05, 3.63) is 52.2 Å². The van der Waals surface area contributed by atoms with Crippen molar-refractivity contribution < 1.29 is 14.6 Å². The molecule has 0 saturated heterocycles. The molecule has 24 heavy (non-hydrogen) atoms. The maximum atomic E-state index is 11.9.